The predicted molar refractivity (Wildman–Crippen MR) is 37.7 cm³/mol. The van der Waals surface area contributed by atoms with E-state index in [4.69, 9.17) is 0 Å². The van der Waals surface area contributed by atoms with Gasteiger partial charge in [0.15, 0.2) is 0 Å². The molecule has 0 aromatic carbocycles. The summed E-state index contributed by atoms with van der Waals surface area (Å²) in [4.78, 5) is 17.5. The molecule has 0 unspecified atom stereocenters. The highest BCUT2D eigenvalue weighted by atomic mass is 16.1. The third kappa shape index (κ3) is 1.69. The molecule has 0 spiro atoms. The van der Waals surface area contributed by atoms with Crippen molar-refractivity contribution in [3.8, 4) is 0 Å². The van der Waals surface area contributed by atoms with Crippen LogP contribution in [-0.4, -0.2) is 15.8 Å². The lowest BCUT2D eigenvalue weighted by Gasteiger charge is -1.87. The van der Waals surface area contributed by atoms with Crippen LogP contribution >= 0.6 is 0 Å². The first-order chi connectivity index (χ1) is 4.68. The molecule has 0 saturated carbocycles. The molecule has 0 fully saturated rings. The summed E-state index contributed by atoms with van der Waals surface area (Å²) < 4.78 is 0. The van der Waals surface area contributed by atoms with Crippen LogP contribution in [-0.2, 0) is 11.2 Å². The van der Waals surface area contributed by atoms with Crippen molar-refractivity contribution in [1.29, 1.82) is 0 Å². The first-order valence-corrected chi connectivity index (χ1v) is 3.18. The highest BCUT2D eigenvalue weighted by Crippen LogP contribution is 1.95. The number of carbonyl (C=O) groups excluding carboxylic acids is 1. The molecular formula is C7H10N2O. The second-order valence-electron chi connectivity index (χ2n) is 2.39. The Morgan fingerprint density at radius 1 is 1.80 bits per heavy atom. The summed E-state index contributed by atoms with van der Waals surface area (Å²) >= 11 is 0. The zero-order valence-electron chi connectivity index (χ0n) is 6.14. The minimum atomic E-state index is 0.134. The van der Waals surface area contributed by atoms with Crippen LogP contribution in [0.15, 0.2) is 6.20 Å². The van der Waals surface area contributed by atoms with Gasteiger partial charge in [-0.25, -0.2) is 4.98 Å². The van der Waals surface area contributed by atoms with Crippen LogP contribution in [0.3, 0.4) is 0 Å². The molecule has 0 saturated heterocycles. The number of hydrogen-bond acceptors (Lipinski definition) is 2. The number of imidazole rings is 1. The number of carbonyl (C=O) groups is 1. The molecular weight excluding hydrogens is 128 g/mol. The molecule has 1 rings (SSSR count). The van der Waals surface area contributed by atoms with Crippen LogP contribution in [0.4, 0.5) is 0 Å². The number of ketones is 1. The van der Waals surface area contributed by atoms with Crippen LogP contribution in [0.5, 0.6) is 0 Å². The lowest BCUT2D eigenvalue weighted by Crippen LogP contribution is -1.97. The van der Waals surface area contributed by atoms with Gasteiger partial charge in [-0.3, -0.25) is 4.79 Å². The van der Waals surface area contributed by atoms with E-state index in [2.05, 4.69) is 9.97 Å². The SMILES string of the molecule is CC(=O)Cc1ncc(C)[nH]1. The largest absolute Gasteiger partial charge is 0.346 e. The number of rotatable bonds is 2. The topological polar surface area (TPSA) is 45.8 Å². The van der Waals surface area contributed by atoms with Crippen molar-refractivity contribution in [1.82, 2.24) is 9.97 Å². The molecule has 10 heavy (non-hydrogen) atoms. The van der Waals surface area contributed by atoms with Crippen molar-refractivity contribution < 1.29 is 4.79 Å². The minimum Gasteiger partial charge on any atom is -0.346 e. The highest BCUT2D eigenvalue weighted by Gasteiger charge is 1.99. The third-order valence-corrected chi connectivity index (χ3v) is 1.17. The van der Waals surface area contributed by atoms with Crippen LogP contribution in [0.2, 0.25) is 0 Å². The monoisotopic (exact) mass is 138 g/mol. The van der Waals surface area contributed by atoms with Crippen molar-refractivity contribution in [2.75, 3.05) is 0 Å². The molecule has 0 aliphatic carbocycles. The van der Waals surface area contributed by atoms with Crippen LogP contribution in [0.1, 0.15) is 18.4 Å². The van der Waals surface area contributed by atoms with Crippen molar-refractivity contribution in [2.24, 2.45) is 0 Å². The molecule has 3 heteroatoms. The van der Waals surface area contributed by atoms with E-state index < -0.39 is 0 Å². The number of Topliss-reactive ketones (excluding diaryl/α,β-unsaturated/α-hetero) is 1. The van der Waals surface area contributed by atoms with Crippen molar-refractivity contribution in [3.05, 3.63) is 17.7 Å². The smallest absolute Gasteiger partial charge is 0.137 e. The van der Waals surface area contributed by atoms with Gasteiger partial charge in [0.1, 0.15) is 11.6 Å². The zero-order chi connectivity index (χ0) is 7.56. The quantitative estimate of drug-likeness (QED) is 0.658. The van der Waals surface area contributed by atoms with Gasteiger partial charge in [-0.2, -0.15) is 0 Å². The molecule has 0 atom stereocenters. The fourth-order valence-corrected chi connectivity index (χ4v) is 0.793. The second kappa shape index (κ2) is 2.64. The molecule has 3 nitrogen and oxygen atoms in total. The Kier molecular flexibility index (Phi) is 1.85. The minimum absolute atomic E-state index is 0.134. The van der Waals surface area contributed by atoms with E-state index in [1.807, 2.05) is 6.92 Å². The lowest BCUT2D eigenvalue weighted by atomic mass is 10.3. The van der Waals surface area contributed by atoms with Gasteiger partial charge in [0.05, 0.1) is 6.42 Å². The Balaban J connectivity index is 2.67. The lowest BCUT2D eigenvalue weighted by molar-refractivity contribution is -0.116. The average Bonchev–Trinajstić information content (AvgIpc) is 2.13. The van der Waals surface area contributed by atoms with Crippen molar-refractivity contribution in [3.63, 3.8) is 0 Å². The van der Waals surface area contributed by atoms with Crippen molar-refractivity contribution >= 4 is 5.78 Å². The standard InChI is InChI=1S/C7H10N2O/c1-5-4-8-7(9-5)3-6(2)10/h4H,3H2,1-2H3,(H,8,9). The molecule has 0 aliphatic heterocycles. The summed E-state index contributed by atoms with van der Waals surface area (Å²) in [5.41, 5.74) is 0.997. The molecule has 1 heterocycles. The van der Waals surface area contributed by atoms with E-state index in [1.165, 1.54) is 0 Å². The van der Waals surface area contributed by atoms with E-state index in [9.17, 15) is 4.79 Å². The average molecular weight is 138 g/mol. The number of hydrogen-bond donors (Lipinski definition) is 1. The number of nitrogens with zero attached hydrogens (tertiary/aromatic N) is 1. The molecule has 1 aromatic rings. The maximum absolute atomic E-state index is 10.6. The fraction of sp³-hybridized carbons (Fsp3) is 0.429. The number of aromatic nitrogens is 2. The highest BCUT2D eigenvalue weighted by molar-refractivity contribution is 5.77. The number of H-pyrrole nitrogens is 1. The van der Waals surface area contributed by atoms with E-state index in [0.29, 0.717) is 6.42 Å². The van der Waals surface area contributed by atoms with Crippen LogP contribution in [0, 0.1) is 6.92 Å². The van der Waals surface area contributed by atoms with Gasteiger partial charge in [0.2, 0.25) is 0 Å². The number of nitrogens with one attached hydrogen (secondary N) is 1. The van der Waals surface area contributed by atoms with Crippen LogP contribution < -0.4 is 0 Å². The van der Waals surface area contributed by atoms with E-state index >= 15 is 0 Å². The Hall–Kier alpha value is -1.12. The summed E-state index contributed by atoms with van der Waals surface area (Å²) in [7, 11) is 0. The second-order valence-corrected chi connectivity index (χ2v) is 2.39. The molecule has 0 bridgehead atoms. The van der Waals surface area contributed by atoms with Gasteiger partial charge in [-0.1, -0.05) is 0 Å². The van der Waals surface area contributed by atoms with Gasteiger partial charge in [0, 0.05) is 11.9 Å². The van der Waals surface area contributed by atoms with Gasteiger partial charge >= 0.3 is 0 Å². The summed E-state index contributed by atoms with van der Waals surface area (Å²) in [5.74, 6) is 0.888. The van der Waals surface area contributed by atoms with E-state index in [0.717, 1.165) is 11.5 Å². The molecule has 0 aliphatic rings. The summed E-state index contributed by atoms with van der Waals surface area (Å²) in [6.07, 6.45) is 2.13. The van der Waals surface area contributed by atoms with E-state index in [1.54, 1.807) is 13.1 Å². The molecule has 0 amide bonds. The maximum atomic E-state index is 10.6. The molecule has 1 N–H and O–H groups in total. The normalized spacial score (nSPS) is 9.80. The van der Waals surface area contributed by atoms with Crippen LogP contribution in [0.25, 0.3) is 0 Å². The maximum Gasteiger partial charge on any atom is 0.137 e. The van der Waals surface area contributed by atoms with E-state index in [-0.39, 0.29) is 5.78 Å². The Labute approximate surface area is 59.5 Å². The molecule has 54 valence electrons. The Morgan fingerprint density at radius 2 is 2.50 bits per heavy atom. The Morgan fingerprint density at radius 3 is 2.90 bits per heavy atom. The zero-order valence-corrected chi connectivity index (χ0v) is 6.14. The number of aromatic amines is 1. The molecule has 1 aromatic heterocycles. The summed E-state index contributed by atoms with van der Waals surface area (Å²) in [6.45, 7) is 3.47. The van der Waals surface area contributed by atoms with Gasteiger partial charge in [-0.05, 0) is 13.8 Å². The van der Waals surface area contributed by atoms with Crippen molar-refractivity contribution in [2.45, 2.75) is 20.3 Å². The first-order valence-electron chi connectivity index (χ1n) is 3.18. The third-order valence-electron chi connectivity index (χ3n) is 1.17. The summed E-state index contributed by atoms with van der Waals surface area (Å²) in [6, 6.07) is 0. The predicted octanol–water partition coefficient (Wildman–Crippen LogP) is 0.850. The Bertz CT molecular complexity index is 240. The fourth-order valence-electron chi connectivity index (χ4n) is 0.793. The van der Waals surface area contributed by atoms with Gasteiger partial charge < -0.3 is 4.98 Å². The summed E-state index contributed by atoms with van der Waals surface area (Å²) in [5, 5.41) is 0. The molecule has 0 radical (unpaired) electrons. The first kappa shape index (κ1) is 6.99. The van der Waals surface area contributed by atoms with Gasteiger partial charge in [0.25, 0.3) is 0 Å². The number of aryl methyl sites for hydroxylation is 1. The van der Waals surface area contributed by atoms with Gasteiger partial charge in [-0.15, -0.1) is 0 Å².